The minimum absolute atomic E-state index is 0.745. The number of aromatic nitrogens is 2. The van der Waals surface area contributed by atoms with Crippen molar-refractivity contribution in [2.45, 2.75) is 37.9 Å². The zero-order valence-corrected chi connectivity index (χ0v) is 11.3. The molecule has 0 aliphatic heterocycles. The summed E-state index contributed by atoms with van der Waals surface area (Å²) in [5.41, 5.74) is 3.27. The van der Waals surface area contributed by atoms with Gasteiger partial charge in [-0.25, -0.2) is 9.97 Å². The van der Waals surface area contributed by atoms with E-state index >= 15 is 0 Å². The molecule has 1 fully saturated rings. The first kappa shape index (κ1) is 12.6. The minimum Gasteiger partial charge on any atom is -0.310 e. The first-order chi connectivity index (χ1) is 8.13. The highest BCUT2D eigenvalue weighted by Gasteiger charge is 2.20. The summed E-state index contributed by atoms with van der Waals surface area (Å²) in [7, 11) is 0. The third-order valence-electron chi connectivity index (χ3n) is 2.59. The maximum atomic E-state index is 4.40. The molecule has 0 radical (unpaired) electrons. The van der Waals surface area contributed by atoms with Gasteiger partial charge in [-0.2, -0.15) is 0 Å². The number of hydrogen-bond acceptors (Lipinski definition) is 4. The van der Waals surface area contributed by atoms with Crippen LogP contribution in [0.4, 0.5) is 0 Å². The molecule has 1 heterocycles. The molecule has 1 aromatic rings. The summed E-state index contributed by atoms with van der Waals surface area (Å²) in [5, 5.41) is 4.32. The van der Waals surface area contributed by atoms with Crippen LogP contribution in [0.15, 0.2) is 23.4 Å². The van der Waals surface area contributed by atoms with Crippen LogP contribution < -0.4 is 5.32 Å². The van der Waals surface area contributed by atoms with E-state index in [2.05, 4.69) is 21.9 Å². The Hall–Kier alpha value is -0.870. The fraction of sp³-hybridized carbons (Fsp3) is 0.538. The van der Waals surface area contributed by atoms with Gasteiger partial charge < -0.3 is 5.32 Å². The Kier molecular flexibility index (Phi) is 4.18. The van der Waals surface area contributed by atoms with Gasteiger partial charge in [-0.1, -0.05) is 23.9 Å². The summed E-state index contributed by atoms with van der Waals surface area (Å²) in [6, 6.07) is 2.74. The Morgan fingerprint density at radius 3 is 2.65 bits per heavy atom. The second-order valence-corrected chi connectivity index (χ2v) is 5.57. The van der Waals surface area contributed by atoms with Crippen molar-refractivity contribution in [1.82, 2.24) is 15.3 Å². The van der Waals surface area contributed by atoms with E-state index in [0.717, 1.165) is 34.9 Å². The molecule has 0 bridgehead atoms. The second kappa shape index (κ2) is 5.65. The molecule has 0 unspecified atom stereocenters. The summed E-state index contributed by atoms with van der Waals surface area (Å²) >= 11 is 1.67. The van der Waals surface area contributed by atoms with Crippen LogP contribution in [0, 0.1) is 13.8 Å². The van der Waals surface area contributed by atoms with Crippen LogP contribution in [0.5, 0.6) is 0 Å². The Balaban J connectivity index is 1.77. The maximum absolute atomic E-state index is 4.40. The zero-order valence-electron chi connectivity index (χ0n) is 10.5. The van der Waals surface area contributed by atoms with E-state index in [-0.39, 0.29) is 0 Å². The monoisotopic (exact) mass is 249 g/mol. The fourth-order valence-corrected chi connectivity index (χ4v) is 2.40. The van der Waals surface area contributed by atoms with Crippen molar-refractivity contribution >= 4 is 11.8 Å². The molecule has 4 heteroatoms. The van der Waals surface area contributed by atoms with Gasteiger partial charge in [-0.05, 0) is 32.8 Å². The first-order valence-corrected chi connectivity index (χ1v) is 6.97. The molecule has 0 saturated heterocycles. The summed E-state index contributed by atoms with van der Waals surface area (Å²) in [6.07, 6.45) is 2.64. The van der Waals surface area contributed by atoms with Crippen LogP contribution >= 0.6 is 11.8 Å². The molecule has 1 aliphatic carbocycles. The minimum atomic E-state index is 0.745. The first-order valence-electron chi connectivity index (χ1n) is 5.98. The SMILES string of the molecule is C=C(CNC1CC1)CSc1nc(C)cc(C)n1. The van der Waals surface area contributed by atoms with Crippen molar-refractivity contribution in [1.29, 1.82) is 0 Å². The number of thioether (sulfide) groups is 1. The number of rotatable bonds is 6. The molecule has 1 N–H and O–H groups in total. The molecular formula is C13H19N3S. The van der Waals surface area contributed by atoms with Crippen LogP contribution in [0.2, 0.25) is 0 Å². The van der Waals surface area contributed by atoms with Gasteiger partial charge in [0.25, 0.3) is 0 Å². The summed E-state index contributed by atoms with van der Waals surface area (Å²) < 4.78 is 0. The van der Waals surface area contributed by atoms with Gasteiger partial charge in [-0.3, -0.25) is 0 Å². The van der Waals surface area contributed by atoms with E-state index in [4.69, 9.17) is 0 Å². The van der Waals surface area contributed by atoms with Crippen LogP contribution in [0.25, 0.3) is 0 Å². The normalized spacial score (nSPS) is 14.9. The number of nitrogens with one attached hydrogen (secondary N) is 1. The molecule has 2 rings (SSSR count). The van der Waals surface area contributed by atoms with Crippen LogP contribution in [0.1, 0.15) is 24.2 Å². The Morgan fingerprint density at radius 1 is 1.41 bits per heavy atom. The molecular weight excluding hydrogens is 230 g/mol. The summed E-state index contributed by atoms with van der Waals surface area (Å²) in [5.74, 6) is 0.891. The Labute approximate surface area is 107 Å². The van der Waals surface area contributed by atoms with E-state index in [0.29, 0.717) is 0 Å². The van der Waals surface area contributed by atoms with Gasteiger partial charge in [0, 0.05) is 29.7 Å². The number of aryl methyl sites for hydroxylation is 2. The Morgan fingerprint density at radius 2 is 2.06 bits per heavy atom. The van der Waals surface area contributed by atoms with Crippen LogP contribution in [-0.2, 0) is 0 Å². The van der Waals surface area contributed by atoms with Crippen molar-refractivity contribution in [3.63, 3.8) is 0 Å². The predicted octanol–water partition coefficient (Wildman–Crippen LogP) is 2.49. The topological polar surface area (TPSA) is 37.8 Å². The standard InChI is InChI=1S/C13H19N3S/c1-9(7-14-12-4-5-12)8-17-13-15-10(2)6-11(3)16-13/h6,12,14H,1,4-5,7-8H2,2-3H3. The molecule has 0 amide bonds. The lowest BCUT2D eigenvalue weighted by molar-refractivity contribution is 0.736. The summed E-state index contributed by atoms with van der Waals surface area (Å²) in [4.78, 5) is 8.81. The van der Waals surface area contributed by atoms with Crippen molar-refractivity contribution in [2.75, 3.05) is 12.3 Å². The average Bonchev–Trinajstić information content (AvgIpc) is 3.06. The third-order valence-corrected chi connectivity index (χ3v) is 3.58. The molecule has 1 aromatic heterocycles. The lowest BCUT2D eigenvalue weighted by atomic mass is 10.3. The fourth-order valence-electron chi connectivity index (χ4n) is 1.55. The zero-order chi connectivity index (χ0) is 12.3. The number of hydrogen-bond donors (Lipinski definition) is 1. The van der Waals surface area contributed by atoms with E-state index in [1.807, 2.05) is 19.9 Å². The summed E-state index contributed by atoms with van der Waals surface area (Å²) in [6.45, 7) is 9.00. The smallest absolute Gasteiger partial charge is 0.188 e. The molecule has 0 atom stereocenters. The van der Waals surface area contributed by atoms with Gasteiger partial charge in [0.05, 0.1) is 0 Å². The predicted molar refractivity (Wildman–Crippen MR) is 72.4 cm³/mol. The van der Waals surface area contributed by atoms with Crippen molar-refractivity contribution in [3.05, 3.63) is 29.6 Å². The molecule has 17 heavy (non-hydrogen) atoms. The Bertz CT molecular complexity index is 393. The van der Waals surface area contributed by atoms with Gasteiger partial charge in [0.2, 0.25) is 0 Å². The van der Waals surface area contributed by atoms with E-state index < -0.39 is 0 Å². The van der Waals surface area contributed by atoms with Gasteiger partial charge >= 0.3 is 0 Å². The molecule has 1 aliphatic rings. The lowest BCUT2D eigenvalue weighted by Crippen LogP contribution is -2.19. The molecule has 1 saturated carbocycles. The van der Waals surface area contributed by atoms with Crippen molar-refractivity contribution < 1.29 is 0 Å². The van der Waals surface area contributed by atoms with E-state index in [9.17, 15) is 0 Å². The third kappa shape index (κ3) is 4.48. The average molecular weight is 249 g/mol. The highest BCUT2D eigenvalue weighted by Crippen LogP contribution is 2.20. The van der Waals surface area contributed by atoms with Gasteiger partial charge in [-0.15, -0.1) is 0 Å². The van der Waals surface area contributed by atoms with Crippen molar-refractivity contribution in [2.24, 2.45) is 0 Å². The molecule has 92 valence electrons. The van der Waals surface area contributed by atoms with Gasteiger partial charge in [0.15, 0.2) is 5.16 Å². The van der Waals surface area contributed by atoms with Crippen LogP contribution in [-0.4, -0.2) is 28.3 Å². The largest absolute Gasteiger partial charge is 0.310 e. The van der Waals surface area contributed by atoms with Gasteiger partial charge in [0.1, 0.15) is 0 Å². The van der Waals surface area contributed by atoms with E-state index in [1.165, 1.54) is 18.4 Å². The highest BCUT2D eigenvalue weighted by molar-refractivity contribution is 7.99. The highest BCUT2D eigenvalue weighted by atomic mass is 32.2. The van der Waals surface area contributed by atoms with Crippen molar-refractivity contribution in [3.8, 4) is 0 Å². The quantitative estimate of drug-likeness (QED) is 0.477. The molecule has 0 aromatic carbocycles. The van der Waals surface area contributed by atoms with Crippen LogP contribution in [0.3, 0.4) is 0 Å². The second-order valence-electron chi connectivity index (χ2n) is 4.63. The lowest BCUT2D eigenvalue weighted by Gasteiger charge is -2.06. The molecule has 0 spiro atoms. The maximum Gasteiger partial charge on any atom is 0.188 e. The molecule has 3 nitrogen and oxygen atoms in total. The number of nitrogens with zero attached hydrogens (tertiary/aromatic N) is 2. The van der Waals surface area contributed by atoms with E-state index in [1.54, 1.807) is 11.8 Å².